The van der Waals surface area contributed by atoms with Crippen LogP contribution in [-0.2, 0) is 10.8 Å². The Labute approximate surface area is 185 Å². The van der Waals surface area contributed by atoms with Gasteiger partial charge in [-0.3, -0.25) is 0 Å². The Morgan fingerprint density at radius 2 is 1.42 bits per heavy atom. The lowest BCUT2D eigenvalue weighted by atomic mass is 9.79. The van der Waals surface area contributed by atoms with Gasteiger partial charge in [0.2, 0.25) is 0 Å². The normalized spacial score (nSPS) is 19.2. The standard InChI is InChI=1S/C23H22F8O2/c1-2-32-11-12-3-5-13(6-4-12)14-7-18(26)21(19(27)8-14)23(30,31)33-15-9-16(24)20(22(28)29)17(25)10-15/h7-10,12-13,22H,2-6,11H2,1H3. The number of rotatable bonds is 8. The predicted octanol–water partition coefficient (Wildman–Crippen LogP) is 7.62. The van der Waals surface area contributed by atoms with Gasteiger partial charge in [0.1, 0.15) is 34.6 Å². The number of ether oxygens (including phenoxy) is 2. The SMILES string of the molecule is CCOCC1CCC(c2cc(F)c(C(F)(F)Oc3cc(F)c(C(F)F)c(F)c3)c(F)c2)CC1. The number of halogens is 8. The minimum Gasteiger partial charge on any atom is -0.429 e. The van der Waals surface area contributed by atoms with Crippen molar-refractivity contribution < 1.29 is 44.6 Å². The van der Waals surface area contributed by atoms with Crippen LogP contribution in [0.2, 0.25) is 0 Å². The molecule has 10 heteroatoms. The second-order valence-corrected chi connectivity index (χ2v) is 7.96. The van der Waals surface area contributed by atoms with Gasteiger partial charge in [0.25, 0.3) is 6.43 Å². The highest BCUT2D eigenvalue weighted by molar-refractivity contribution is 5.34. The topological polar surface area (TPSA) is 18.5 Å². The van der Waals surface area contributed by atoms with Crippen LogP contribution in [0.5, 0.6) is 5.75 Å². The first-order chi connectivity index (χ1) is 15.5. The van der Waals surface area contributed by atoms with Crippen molar-refractivity contribution in [2.24, 2.45) is 5.92 Å². The molecule has 3 rings (SSSR count). The zero-order chi connectivity index (χ0) is 24.3. The summed E-state index contributed by atoms with van der Waals surface area (Å²) in [5, 5.41) is 0. The van der Waals surface area contributed by atoms with Gasteiger partial charge in [0.05, 0.1) is 5.56 Å². The molecule has 33 heavy (non-hydrogen) atoms. The van der Waals surface area contributed by atoms with Crippen molar-refractivity contribution in [3.8, 4) is 5.75 Å². The van der Waals surface area contributed by atoms with Gasteiger partial charge in [-0.15, -0.1) is 0 Å². The molecule has 1 aliphatic carbocycles. The van der Waals surface area contributed by atoms with Crippen molar-refractivity contribution in [3.63, 3.8) is 0 Å². The molecule has 0 aromatic heterocycles. The van der Waals surface area contributed by atoms with E-state index in [-0.39, 0.29) is 23.6 Å². The highest BCUT2D eigenvalue weighted by Crippen LogP contribution is 2.41. The van der Waals surface area contributed by atoms with E-state index in [4.69, 9.17) is 4.74 Å². The Morgan fingerprint density at radius 1 is 0.879 bits per heavy atom. The molecule has 0 saturated heterocycles. The Bertz CT molecular complexity index is 925. The van der Waals surface area contributed by atoms with E-state index in [0.717, 1.165) is 25.0 Å². The van der Waals surface area contributed by atoms with Crippen LogP contribution in [0.1, 0.15) is 61.6 Å². The van der Waals surface area contributed by atoms with Crippen molar-refractivity contribution in [3.05, 3.63) is 64.2 Å². The maximum Gasteiger partial charge on any atom is 0.432 e. The summed E-state index contributed by atoms with van der Waals surface area (Å²) >= 11 is 0. The third-order valence-electron chi connectivity index (χ3n) is 5.75. The maximum absolute atomic E-state index is 14.6. The fourth-order valence-corrected chi connectivity index (χ4v) is 4.08. The predicted molar refractivity (Wildman–Crippen MR) is 103 cm³/mol. The minimum absolute atomic E-state index is 0.101. The molecule has 0 N–H and O–H groups in total. The van der Waals surface area contributed by atoms with E-state index in [1.807, 2.05) is 6.92 Å². The van der Waals surface area contributed by atoms with Crippen LogP contribution in [0.4, 0.5) is 35.1 Å². The number of alkyl halides is 4. The highest BCUT2D eigenvalue weighted by Gasteiger charge is 2.42. The number of hydrogen-bond acceptors (Lipinski definition) is 2. The summed E-state index contributed by atoms with van der Waals surface area (Å²) in [6.45, 7) is 3.06. The number of benzene rings is 2. The quantitative estimate of drug-likeness (QED) is 0.361. The number of hydrogen-bond donors (Lipinski definition) is 0. The van der Waals surface area contributed by atoms with Gasteiger partial charge in [-0.25, -0.2) is 26.3 Å². The lowest BCUT2D eigenvalue weighted by Crippen LogP contribution is -2.26. The molecule has 0 radical (unpaired) electrons. The molecule has 182 valence electrons. The Hall–Kier alpha value is -2.36. The molecule has 2 aromatic carbocycles. The zero-order valence-corrected chi connectivity index (χ0v) is 17.6. The van der Waals surface area contributed by atoms with E-state index in [1.54, 1.807) is 0 Å². The summed E-state index contributed by atoms with van der Waals surface area (Å²) in [4.78, 5) is 0. The average Bonchev–Trinajstić information content (AvgIpc) is 2.70. The monoisotopic (exact) mass is 482 g/mol. The first-order valence-corrected chi connectivity index (χ1v) is 10.4. The Balaban J connectivity index is 1.79. The summed E-state index contributed by atoms with van der Waals surface area (Å²) in [5.74, 6) is -7.92. The van der Waals surface area contributed by atoms with Crippen LogP contribution in [-0.4, -0.2) is 13.2 Å². The van der Waals surface area contributed by atoms with Gasteiger partial charge in [0.15, 0.2) is 0 Å². The molecule has 1 saturated carbocycles. The molecular weight excluding hydrogens is 460 g/mol. The first-order valence-electron chi connectivity index (χ1n) is 10.4. The van der Waals surface area contributed by atoms with Crippen molar-refractivity contribution in [1.29, 1.82) is 0 Å². The van der Waals surface area contributed by atoms with Crippen molar-refractivity contribution in [2.45, 2.75) is 51.1 Å². The Kier molecular flexibility index (Phi) is 7.87. The van der Waals surface area contributed by atoms with Crippen LogP contribution in [0.25, 0.3) is 0 Å². The van der Waals surface area contributed by atoms with Gasteiger partial charge in [-0.1, -0.05) is 0 Å². The fourth-order valence-electron chi connectivity index (χ4n) is 4.08. The molecule has 0 unspecified atom stereocenters. The van der Waals surface area contributed by atoms with Crippen LogP contribution >= 0.6 is 0 Å². The Morgan fingerprint density at radius 3 is 1.91 bits per heavy atom. The molecule has 0 aliphatic heterocycles. The van der Waals surface area contributed by atoms with Crippen LogP contribution in [0.3, 0.4) is 0 Å². The van der Waals surface area contributed by atoms with Crippen LogP contribution in [0, 0.1) is 29.2 Å². The lowest BCUT2D eigenvalue weighted by molar-refractivity contribution is -0.189. The summed E-state index contributed by atoms with van der Waals surface area (Å²) in [5.41, 5.74) is -3.14. The van der Waals surface area contributed by atoms with E-state index >= 15 is 0 Å². The summed E-state index contributed by atoms with van der Waals surface area (Å²) < 4.78 is 120. The first kappa shape index (κ1) is 25.3. The molecular formula is C23H22F8O2. The fraction of sp³-hybridized carbons (Fsp3) is 0.478. The van der Waals surface area contributed by atoms with Gasteiger partial charge in [-0.05, 0) is 62.1 Å². The lowest BCUT2D eigenvalue weighted by Gasteiger charge is -2.29. The molecule has 0 spiro atoms. The summed E-state index contributed by atoms with van der Waals surface area (Å²) in [6.07, 6.45) is -5.44. The second-order valence-electron chi connectivity index (χ2n) is 7.96. The van der Waals surface area contributed by atoms with Crippen molar-refractivity contribution >= 4 is 0 Å². The molecule has 0 atom stereocenters. The van der Waals surface area contributed by atoms with E-state index in [2.05, 4.69) is 4.74 Å². The molecule has 1 aliphatic rings. The van der Waals surface area contributed by atoms with E-state index in [0.29, 0.717) is 32.0 Å². The zero-order valence-electron chi connectivity index (χ0n) is 17.6. The average molecular weight is 482 g/mol. The second kappa shape index (κ2) is 10.3. The molecule has 2 aromatic rings. The summed E-state index contributed by atoms with van der Waals surface area (Å²) in [7, 11) is 0. The smallest absolute Gasteiger partial charge is 0.429 e. The van der Waals surface area contributed by atoms with E-state index < -0.39 is 52.7 Å². The van der Waals surface area contributed by atoms with E-state index in [9.17, 15) is 35.1 Å². The van der Waals surface area contributed by atoms with Crippen molar-refractivity contribution in [2.75, 3.05) is 13.2 Å². The van der Waals surface area contributed by atoms with Crippen molar-refractivity contribution in [1.82, 2.24) is 0 Å². The highest BCUT2D eigenvalue weighted by atomic mass is 19.3. The van der Waals surface area contributed by atoms with Crippen LogP contribution < -0.4 is 4.74 Å². The van der Waals surface area contributed by atoms with E-state index in [1.165, 1.54) is 0 Å². The van der Waals surface area contributed by atoms with Crippen LogP contribution in [0.15, 0.2) is 24.3 Å². The summed E-state index contributed by atoms with van der Waals surface area (Å²) in [6, 6.07) is 1.79. The van der Waals surface area contributed by atoms with Gasteiger partial charge >= 0.3 is 6.11 Å². The third kappa shape index (κ3) is 5.77. The molecule has 0 amide bonds. The largest absolute Gasteiger partial charge is 0.432 e. The maximum atomic E-state index is 14.6. The van der Waals surface area contributed by atoms with Gasteiger partial charge in [-0.2, -0.15) is 8.78 Å². The van der Waals surface area contributed by atoms with Gasteiger partial charge < -0.3 is 9.47 Å². The minimum atomic E-state index is -4.66. The molecule has 1 fully saturated rings. The molecule has 0 bridgehead atoms. The molecule has 0 heterocycles. The third-order valence-corrected chi connectivity index (χ3v) is 5.75. The van der Waals surface area contributed by atoms with Gasteiger partial charge in [0, 0.05) is 25.3 Å². The molecule has 2 nitrogen and oxygen atoms in total.